The van der Waals surface area contributed by atoms with Gasteiger partial charge in [-0.25, -0.2) is 0 Å². The van der Waals surface area contributed by atoms with E-state index in [1.807, 2.05) is 18.7 Å². The number of anilines is 2. The SMILES string of the molecule is CC(C)Oc1cccc(C(=O)NC(=S)Nc2cc(C(F)(F)F)ccc2N2CCCCC2)c1. The van der Waals surface area contributed by atoms with E-state index in [0.717, 1.165) is 44.5 Å². The zero-order valence-corrected chi connectivity index (χ0v) is 18.8. The Morgan fingerprint density at radius 3 is 2.47 bits per heavy atom. The molecule has 32 heavy (non-hydrogen) atoms. The summed E-state index contributed by atoms with van der Waals surface area (Å²) in [5, 5.41) is 5.25. The number of nitrogens with zero attached hydrogens (tertiary/aromatic N) is 1. The van der Waals surface area contributed by atoms with Crippen molar-refractivity contribution in [2.24, 2.45) is 0 Å². The highest BCUT2D eigenvalue weighted by Crippen LogP contribution is 2.36. The van der Waals surface area contributed by atoms with Crippen LogP contribution in [0.5, 0.6) is 5.75 Å². The lowest BCUT2D eigenvalue weighted by Gasteiger charge is -2.31. The van der Waals surface area contributed by atoms with E-state index >= 15 is 0 Å². The minimum Gasteiger partial charge on any atom is -0.491 e. The number of halogens is 3. The number of piperidine rings is 1. The number of nitrogens with one attached hydrogen (secondary N) is 2. The lowest BCUT2D eigenvalue weighted by molar-refractivity contribution is -0.137. The van der Waals surface area contributed by atoms with Crippen LogP contribution in [0.3, 0.4) is 0 Å². The van der Waals surface area contributed by atoms with Crippen molar-refractivity contribution in [3.05, 3.63) is 53.6 Å². The Bertz CT molecular complexity index is 973. The van der Waals surface area contributed by atoms with Crippen LogP contribution in [0.1, 0.15) is 49.0 Å². The van der Waals surface area contributed by atoms with Gasteiger partial charge in [0, 0.05) is 18.7 Å². The molecule has 0 aliphatic carbocycles. The zero-order chi connectivity index (χ0) is 23.3. The number of amides is 1. The lowest BCUT2D eigenvalue weighted by atomic mass is 10.1. The van der Waals surface area contributed by atoms with Gasteiger partial charge in [0.25, 0.3) is 5.91 Å². The molecule has 1 aliphatic heterocycles. The van der Waals surface area contributed by atoms with Crippen LogP contribution in [-0.2, 0) is 6.18 Å². The third-order valence-electron chi connectivity index (χ3n) is 4.96. The van der Waals surface area contributed by atoms with Crippen LogP contribution in [0.4, 0.5) is 24.5 Å². The largest absolute Gasteiger partial charge is 0.491 e. The molecule has 0 spiro atoms. The third-order valence-corrected chi connectivity index (χ3v) is 5.17. The summed E-state index contributed by atoms with van der Waals surface area (Å²) in [6.45, 7) is 5.26. The molecule has 9 heteroatoms. The smallest absolute Gasteiger partial charge is 0.416 e. The summed E-state index contributed by atoms with van der Waals surface area (Å²) in [5.74, 6) is 0.0556. The Labute approximate surface area is 190 Å². The van der Waals surface area contributed by atoms with E-state index in [1.165, 1.54) is 6.07 Å². The first-order valence-electron chi connectivity index (χ1n) is 10.5. The normalized spacial score (nSPS) is 14.2. The Kier molecular flexibility index (Phi) is 7.60. The highest BCUT2D eigenvalue weighted by atomic mass is 32.1. The predicted octanol–water partition coefficient (Wildman–Crippen LogP) is 5.61. The Balaban J connectivity index is 1.77. The van der Waals surface area contributed by atoms with E-state index in [9.17, 15) is 18.0 Å². The first kappa shape index (κ1) is 23.8. The number of carbonyl (C=O) groups is 1. The van der Waals surface area contributed by atoms with E-state index in [0.29, 0.717) is 17.0 Å². The van der Waals surface area contributed by atoms with Crippen LogP contribution in [0, 0.1) is 0 Å². The molecule has 1 amide bonds. The molecular formula is C23H26F3N3O2S. The van der Waals surface area contributed by atoms with E-state index < -0.39 is 17.6 Å². The molecule has 2 N–H and O–H groups in total. The van der Waals surface area contributed by atoms with Gasteiger partial charge in [-0.3, -0.25) is 10.1 Å². The maximum Gasteiger partial charge on any atom is 0.416 e. The minimum atomic E-state index is -4.49. The molecule has 1 heterocycles. The molecule has 0 bridgehead atoms. The van der Waals surface area contributed by atoms with Crippen molar-refractivity contribution in [1.82, 2.24) is 5.32 Å². The number of thiocarbonyl (C=S) groups is 1. The highest BCUT2D eigenvalue weighted by molar-refractivity contribution is 7.80. The van der Waals surface area contributed by atoms with E-state index in [1.54, 1.807) is 24.3 Å². The molecule has 1 saturated heterocycles. The fraction of sp³-hybridized carbons (Fsp3) is 0.391. The molecule has 0 saturated carbocycles. The molecule has 0 radical (unpaired) electrons. The monoisotopic (exact) mass is 465 g/mol. The number of ether oxygens (including phenoxy) is 1. The number of rotatable bonds is 5. The summed E-state index contributed by atoms with van der Waals surface area (Å²) < 4.78 is 45.4. The highest BCUT2D eigenvalue weighted by Gasteiger charge is 2.31. The van der Waals surface area contributed by atoms with E-state index in [2.05, 4.69) is 10.6 Å². The molecular weight excluding hydrogens is 439 g/mol. The molecule has 5 nitrogen and oxygen atoms in total. The van der Waals surface area contributed by atoms with Gasteiger partial charge in [-0.05, 0) is 81.7 Å². The van der Waals surface area contributed by atoms with Crippen molar-refractivity contribution in [2.75, 3.05) is 23.3 Å². The second-order valence-corrected chi connectivity index (χ2v) is 8.29. The van der Waals surface area contributed by atoms with Gasteiger partial charge < -0.3 is 15.0 Å². The van der Waals surface area contributed by atoms with Crippen LogP contribution in [0.25, 0.3) is 0 Å². The van der Waals surface area contributed by atoms with Crippen LogP contribution in [0.15, 0.2) is 42.5 Å². The van der Waals surface area contributed by atoms with E-state index in [4.69, 9.17) is 17.0 Å². The summed E-state index contributed by atoms with van der Waals surface area (Å²) in [7, 11) is 0. The Morgan fingerprint density at radius 1 is 1.09 bits per heavy atom. The molecule has 0 atom stereocenters. The first-order chi connectivity index (χ1) is 15.1. The summed E-state index contributed by atoms with van der Waals surface area (Å²) in [4.78, 5) is 14.6. The third kappa shape index (κ3) is 6.35. The average molecular weight is 466 g/mol. The first-order valence-corrected chi connectivity index (χ1v) is 10.9. The standard InChI is InChI=1S/C23H26F3N3O2S/c1-15(2)31-18-8-6-7-16(13-18)21(30)28-22(32)27-19-14-17(23(24,25)26)9-10-20(19)29-11-4-3-5-12-29/h6-10,13-15H,3-5,11-12H2,1-2H3,(H2,27,28,30,32). The quantitative estimate of drug-likeness (QED) is 0.562. The maximum atomic E-state index is 13.3. The van der Waals surface area contributed by atoms with Crippen LogP contribution in [0.2, 0.25) is 0 Å². The summed E-state index contributed by atoms with van der Waals surface area (Å²) >= 11 is 5.24. The van der Waals surface area contributed by atoms with Gasteiger partial charge >= 0.3 is 6.18 Å². The van der Waals surface area contributed by atoms with Gasteiger partial charge in [0.05, 0.1) is 23.0 Å². The van der Waals surface area contributed by atoms with Crippen molar-refractivity contribution in [2.45, 2.75) is 45.4 Å². The zero-order valence-electron chi connectivity index (χ0n) is 18.0. The molecule has 1 fully saturated rings. The molecule has 0 aromatic heterocycles. The topological polar surface area (TPSA) is 53.6 Å². The summed E-state index contributed by atoms with van der Waals surface area (Å²) in [6, 6.07) is 10.2. The molecule has 2 aromatic carbocycles. The molecule has 1 aliphatic rings. The predicted molar refractivity (Wildman–Crippen MR) is 123 cm³/mol. The lowest BCUT2D eigenvalue weighted by Crippen LogP contribution is -2.35. The minimum absolute atomic E-state index is 0.0508. The maximum absolute atomic E-state index is 13.3. The summed E-state index contributed by atoms with van der Waals surface area (Å²) in [5.41, 5.74) is 0.381. The van der Waals surface area contributed by atoms with Gasteiger partial charge in [-0.1, -0.05) is 6.07 Å². The van der Waals surface area contributed by atoms with Crippen molar-refractivity contribution >= 4 is 34.6 Å². The van der Waals surface area contributed by atoms with Gasteiger partial charge in [-0.15, -0.1) is 0 Å². The van der Waals surface area contributed by atoms with E-state index in [-0.39, 0.29) is 16.9 Å². The molecule has 2 aromatic rings. The van der Waals surface area contributed by atoms with Crippen molar-refractivity contribution in [1.29, 1.82) is 0 Å². The number of hydrogen-bond acceptors (Lipinski definition) is 4. The van der Waals surface area contributed by atoms with Gasteiger partial charge in [0.1, 0.15) is 5.75 Å². The number of alkyl halides is 3. The van der Waals surface area contributed by atoms with Gasteiger partial charge in [0.2, 0.25) is 0 Å². The van der Waals surface area contributed by atoms with Crippen molar-refractivity contribution < 1.29 is 22.7 Å². The van der Waals surface area contributed by atoms with Crippen LogP contribution < -0.4 is 20.3 Å². The number of benzene rings is 2. The Hall–Kier alpha value is -2.81. The van der Waals surface area contributed by atoms with Gasteiger partial charge in [-0.2, -0.15) is 13.2 Å². The second-order valence-electron chi connectivity index (χ2n) is 7.88. The summed E-state index contributed by atoms with van der Waals surface area (Å²) in [6.07, 6.45) is -1.51. The molecule has 3 rings (SSSR count). The Morgan fingerprint density at radius 2 is 1.81 bits per heavy atom. The van der Waals surface area contributed by atoms with Gasteiger partial charge in [0.15, 0.2) is 5.11 Å². The molecule has 0 unspecified atom stereocenters. The fourth-order valence-electron chi connectivity index (χ4n) is 3.53. The van der Waals surface area contributed by atoms with Crippen LogP contribution >= 0.6 is 12.2 Å². The number of hydrogen-bond donors (Lipinski definition) is 2. The van der Waals surface area contributed by atoms with Crippen molar-refractivity contribution in [3.63, 3.8) is 0 Å². The molecule has 172 valence electrons. The average Bonchev–Trinajstić information content (AvgIpc) is 2.73. The van der Waals surface area contributed by atoms with Crippen LogP contribution in [-0.4, -0.2) is 30.2 Å². The second kappa shape index (κ2) is 10.2. The fourth-order valence-corrected chi connectivity index (χ4v) is 3.74. The number of carbonyl (C=O) groups excluding carboxylic acids is 1. The van der Waals surface area contributed by atoms with Crippen molar-refractivity contribution in [3.8, 4) is 5.75 Å².